The molecule has 0 spiro atoms. The maximum atomic E-state index is 10.5. The molecule has 1 fully saturated rings. The molecule has 3 rings (SSSR count). The summed E-state index contributed by atoms with van der Waals surface area (Å²) >= 11 is 0. The van der Waals surface area contributed by atoms with Gasteiger partial charge in [0.25, 0.3) is 0 Å². The first-order valence-electron chi connectivity index (χ1n) is 7.51. The van der Waals surface area contributed by atoms with Crippen LogP contribution in [-0.4, -0.2) is 23.8 Å². The molecule has 0 saturated heterocycles. The standard InChI is InChI=1S/C16H24N2O/c19-16(8-3-4-9-16)12-18-15-7-10-17-11-13-5-1-2-6-14(13)15/h1-2,5-6,15,17-19H,3-4,7-12H2. The molecule has 1 heterocycles. The van der Waals surface area contributed by atoms with Gasteiger partial charge in [-0.1, -0.05) is 37.1 Å². The lowest BCUT2D eigenvalue weighted by molar-refractivity contribution is 0.0445. The van der Waals surface area contributed by atoms with Gasteiger partial charge in [-0.3, -0.25) is 0 Å². The van der Waals surface area contributed by atoms with E-state index in [-0.39, 0.29) is 0 Å². The zero-order valence-electron chi connectivity index (χ0n) is 11.5. The minimum atomic E-state index is -0.464. The van der Waals surface area contributed by atoms with Crippen LogP contribution in [0.2, 0.25) is 0 Å². The molecule has 0 bridgehead atoms. The number of hydrogen-bond acceptors (Lipinski definition) is 3. The molecule has 0 amide bonds. The fourth-order valence-electron chi connectivity index (χ4n) is 3.40. The van der Waals surface area contributed by atoms with Crippen LogP contribution in [0.3, 0.4) is 0 Å². The van der Waals surface area contributed by atoms with Crippen molar-refractivity contribution in [3.8, 4) is 0 Å². The summed E-state index contributed by atoms with van der Waals surface area (Å²) in [7, 11) is 0. The smallest absolute Gasteiger partial charge is 0.0771 e. The van der Waals surface area contributed by atoms with Crippen molar-refractivity contribution in [1.29, 1.82) is 0 Å². The van der Waals surface area contributed by atoms with Gasteiger partial charge in [0.05, 0.1) is 5.60 Å². The van der Waals surface area contributed by atoms with E-state index in [9.17, 15) is 5.11 Å². The Bertz CT molecular complexity index is 427. The topological polar surface area (TPSA) is 44.3 Å². The molecule has 104 valence electrons. The van der Waals surface area contributed by atoms with E-state index in [0.29, 0.717) is 6.04 Å². The van der Waals surface area contributed by atoms with Crippen molar-refractivity contribution in [1.82, 2.24) is 10.6 Å². The quantitative estimate of drug-likeness (QED) is 0.780. The van der Waals surface area contributed by atoms with Crippen LogP contribution in [0, 0.1) is 0 Å². The second kappa shape index (κ2) is 5.61. The normalized spacial score (nSPS) is 25.8. The average Bonchev–Trinajstić information content (AvgIpc) is 2.75. The maximum Gasteiger partial charge on any atom is 0.0771 e. The highest BCUT2D eigenvalue weighted by Gasteiger charge is 2.31. The summed E-state index contributed by atoms with van der Waals surface area (Å²) in [6.45, 7) is 2.72. The Hall–Kier alpha value is -0.900. The lowest BCUT2D eigenvalue weighted by Crippen LogP contribution is -2.40. The molecule has 3 nitrogen and oxygen atoms in total. The summed E-state index contributed by atoms with van der Waals surface area (Å²) < 4.78 is 0. The SMILES string of the molecule is OC1(CNC2CCNCc3ccccc32)CCCC1. The van der Waals surface area contributed by atoms with Crippen LogP contribution in [0.1, 0.15) is 49.3 Å². The van der Waals surface area contributed by atoms with Gasteiger partial charge in [0, 0.05) is 19.1 Å². The summed E-state index contributed by atoms with van der Waals surface area (Å²) in [6.07, 6.45) is 5.33. The zero-order chi connectivity index (χ0) is 13.1. The van der Waals surface area contributed by atoms with Crippen molar-refractivity contribution in [3.63, 3.8) is 0 Å². The number of benzene rings is 1. The van der Waals surface area contributed by atoms with Crippen LogP contribution in [0.4, 0.5) is 0 Å². The number of rotatable bonds is 3. The highest BCUT2D eigenvalue weighted by Crippen LogP contribution is 2.30. The Balaban J connectivity index is 1.70. The van der Waals surface area contributed by atoms with Gasteiger partial charge in [-0.25, -0.2) is 0 Å². The molecule has 2 aliphatic rings. The molecule has 0 aromatic heterocycles. The van der Waals surface area contributed by atoms with Gasteiger partial charge in [-0.15, -0.1) is 0 Å². The first kappa shape index (κ1) is 13.1. The van der Waals surface area contributed by atoms with Gasteiger partial charge in [-0.05, 0) is 36.9 Å². The second-order valence-corrected chi connectivity index (χ2v) is 6.03. The van der Waals surface area contributed by atoms with Gasteiger partial charge in [0.15, 0.2) is 0 Å². The largest absolute Gasteiger partial charge is 0.389 e. The predicted octanol–water partition coefficient (Wildman–Crippen LogP) is 2.12. The minimum Gasteiger partial charge on any atom is -0.389 e. The van der Waals surface area contributed by atoms with E-state index in [0.717, 1.165) is 38.9 Å². The van der Waals surface area contributed by atoms with Crippen LogP contribution in [0.15, 0.2) is 24.3 Å². The summed E-state index contributed by atoms with van der Waals surface area (Å²) in [5.74, 6) is 0. The molecule has 1 atom stereocenters. The van der Waals surface area contributed by atoms with Crippen molar-refractivity contribution in [2.45, 2.75) is 50.3 Å². The van der Waals surface area contributed by atoms with Crippen molar-refractivity contribution in [2.24, 2.45) is 0 Å². The number of hydrogen-bond donors (Lipinski definition) is 3. The molecule has 1 unspecified atom stereocenters. The summed E-state index contributed by atoms with van der Waals surface area (Å²) in [6, 6.07) is 9.01. The van der Waals surface area contributed by atoms with Gasteiger partial charge in [0.1, 0.15) is 0 Å². The zero-order valence-corrected chi connectivity index (χ0v) is 11.5. The van der Waals surface area contributed by atoms with Crippen LogP contribution in [0.5, 0.6) is 0 Å². The molecule has 3 N–H and O–H groups in total. The Morgan fingerprint density at radius 1 is 1.26 bits per heavy atom. The first-order chi connectivity index (χ1) is 9.27. The molecular weight excluding hydrogens is 236 g/mol. The van der Waals surface area contributed by atoms with Crippen molar-refractivity contribution in [2.75, 3.05) is 13.1 Å². The average molecular weight is 260 g/mol. The van der Waals surface area contributed by atoms with Gasteiger partial charge < -0.3 is 15.7 Å². The number of nitrogens with one attached hydrogen (secondary N) is 2. The molecule has 0 radical (unpaired) electrons. The molecule has 1 aromatic carbocycles. The fraction of sp³-hybridized carbons (Fsp3) is 0.625. The van der Waals surface area contributed by atoms with E-state index in [1.165, 1.54) is 24.0 Å². The third-order valence-corrected chi connectivity index (χ3v) is 4.57. The van der Waals surface area contributed by atoms with E-state index >= 15 is 0 Å². The molecule has 1 aromatic rings. The Morgan fingerprint density at radius 3 is 2.89 bits per heavy atom. The predicted molar refractivity (Wildman–Crippen MR) is 76.9 cm³/mol. The summed E-state index contributed by atoms with van der Waals surface area (Å²) in [5, 5.41) is 17.5. The summed E-state index contributed by atoms with van der Waals surface area (Å²) in [5.41, 5.74) is 2.32. The first-order valence-corrected chi connectivity index (χ1v) is 7.51. The van der Waals surface area contributed by atoms with Crippen LogP contribution >= 0.6 is 0 Å². The van der Waals surface area contributed by atoms with Crippen molar-refractivity contribution < 1.29 is 5.11 Å². The third kappa shape index (κ3) is 2.99. The summed E-state index contributed by atoms with van der Waals surface area (Å²) in [4.78, 5) is 0. The minimum absolute atomic E-state index is 0.371. The third-order valence-electron chi connectivity index (χ3n) is 4.57. The molecule has 1 saturated carbocycles. The van der Waals surface area contributed by atoms with Crippen LogP contribution < -0.4 is 10.6 Å². The highest BCUT2D eigenvalue weighted by atomic mass is 16.3. The van der Waals surface area contributed by atoms with E-state index in [1.807, 2.05) is 0 Å². The van der Waals surface area contributed by atoms with E-state index in [1.54, 1.807) is 0 Å². The monoisotopic (exact) mass is 260 g/mol. The molecular formula is C16H24N2O. The molecule has 1 aliphatic heterocycles. The lowest BCUT2D eigenvalue weighted by Gasteiger charge is -2.27. The van der Waals surface area contributed by atoms with Gasteiger partial charge in [0.2, 0.25) is 0 Å². The van der Waals surface area contributed by atoms with Crippen LogP contribution in [0.25, 0.3) is 0 Å². The maximum absolute atomic E-state index is 10.5. The fourth-order valence-corrected chi connectivity index (χ4v) is 3.40. The number of aliphatic hydroxyl groups is 1. The van der Waals surface area contributed by atoms with Crippen molar-refractivity contribution in [3.05, 3.63) is 35.4 Å². The van der Waals surface area contributed by atoms with E-state index < -0.39 is 5.60 Å². The number of fused-ring (bicyclic) bond motifs is 1. The Labute approximate surface area is 115 Å². The molecule has 3 heteroatoms. The Morgan fingerprint density at radius 2 is 2.05 bits per heavy atom. The highest BCUT2D eigenvalue weighted by molar-refractivity contribution is 5.31. The van der Waals surface area contributed by atoms with Crippen molar-refractivity contribution >= 4 is 0 Å². The Kier molecular flexibility index (Phi) is 3.87. The molecule has 1 aliphatic carbocycles. The van der Waals surface area contributed by atoms with E-state index in [2.05, 4.69) is 34.9 Å². The van der Waals surface area contributed by atoms with E-state index in [4.69, 9.17) is 0 Å². The van der Waals surface area contributed by atoms with Gasteiger partial charge >= 0.3 is 0 Å². The van der Waals surface area contributed by atoms with Gasteiger partial charge in [-0.2, -0.15) is 0 Å². The second-order valence-electron chi connectivity index (χ2n) is 6.03. The van der Waals surface area contributed by atoms with Crippen LogP contribution in [-0.2, 0) is 6.54 Å². The lowest BCUT2D eigenvalue weighted by atomic mass is 9.97. The molecule has 19 heavy (non-hydrogen) atoms.